The summed E-state index contributed by atoms with van der Waals surface area (Å²) in [7, 11) is 0. The average molecular weight is 278 g/mol. The standard InChI is InChI=1S/C5H6F3IN2/c1-2-3(9)4(11-10)5(6,7)8/h2H,10H2,1H3/b3-2+,11-4+. The molecule has 0 saturated carbocycles. The van der Waals surface area contributed by atoms with Crippen LogP contribution in [0.25, 0.3) is 0 Å². The SMILES string of the molecule is C/C=C(I)\C(=N/N)C(F)(F)F. The summed E-state index contributed by atoms with van der Waals surface area (Å²) >= 11 is 1.52. The van der Waals surface area contributed by atoms with E-state index in [1.165, 1.54) is 35.6 Å². The Hall–Kier alpha value is -0.270. The van der Waals surface area contributed by atoms with Crippen LogP contribution in [0.5, 0.6) is 0 Å². The van der Waals surface area contributed by atoms with Crippen LogP contribution in [0.2, 0.25) is 0 Å². The first kappa shape index (κ1) is 10.7. The van der Waals surface area contributed by atoms with Gasteiger partial charge in [-0.05, 0) is 29.5 Å². The van der Waals surface area contributed by atoms with Gasteiger partial charge in [0.25, 0.3) is 0 Å². The smallest absolute Gasteiger partial charge is 0.323 e. The molecular weight excluding hydrogens is 272 g/mol. The van der Waals surface area contributed by atoms with E-state index in [0.717, 1.165) is 0 Å². The second-order valence-electron chi connectivity index (χ2n) is 1.61. The van der Waals surface area contributed by atoms with E-state index in [-0.39, 0.29) is 3.58 Å². The van der Waals surface area contributed by atoms with Gasteiger partial charge >= 0.3 is 6.18 Å². The third-order valence-corrected chi connectivity index (χ3v) is 2.01. The normalized spacial score (nSPS) is 15.4. The van der Waals surface area contributed by atoms with Crippen LogP contribution in [0, 0.1) is 0 Å². The zero-order valence-corrected chi connectivity index (χ0v) is 7.77. The van der Waals surface area contributed by atoms with Crippen molar-refractivity contribution in [2.75, 3.05) is 0 Å². The van der Waals surface area contributed by atoms with Crippen LogP contribution in [-0.2, 0) is 0 Å². The Balaban J connectivity index is 4.73. The maximum atomic E-state index is 11.9. The summed E-state index contributed by atoms with van der Waals surface area (Å²) in [6.45, 7) is 1.48. The van der Waals surface area contributed by atoms with Crippen LogP contribution in [0.4, 0.5) is 13.2 Å². The molecule has 0 rings (SSSR count). The molecule has 0 atom stereocenters. The van der Waals surface area contributed by atoms with Gasteiger partial charge in [-0.25, -0.2) is 0 Å². The lowest BCUT2D eigenvalue weighted by molar-refractivity contribution is -0.0579. The largest absolute Gasteiger partial charge is 0.436 e. The van der Waals surface area contributed by atoms with Gasteiger partial charge in [0.15, 0.2) is 5.71 Å². The second kappa shape index (κ2) is 3.93. The Morgan fingerprint density at radius 3 is 2.09 bits per heavy atom. The molecule has 0 fully saturated rings. The number of nitrogens with zero attached hydrogens (tertiary/aromatic N) is 1. The van der Waals surface area contributed by atoms with Crippen molar-refractivity contribution in [2.24, 2.45) is 10.9 Å². The van der Waals surface area contributed by atoms with E-state index in [9.17, 15) is 13.2 Å². The first-order chi connectivity index (χ1) is 4.93. The first-order valence-electron chi connectivity index (χ1n) is 2.60. The predicted octanol–water partition coefficient (Wildman–Crippen LogP) is 2.20. The van der Waals surface area contributed by atoms with Gasteiger partial charge in [0.05, 0.1) is 0 Å². The molecule has 0 heterocycles. The third-order valence-electron chi connectivity index (χ3n) is 0.877. The Bertz CT molecular complexity index is 194. The van der Waals surface area contributed by atoms with Gasteiger partial charge in [0.2, 0.25) is 0 Å². The van der Waals surface area contributed by atoms with E-state index in [1.807, 2.05) is 0 Å². The van der Waals surface area contributed by atoms with Crippen LogP contribution < -0.4 is 5.84 Å². The van der Waals surface area contributed by atoms with Gasteiger partial charge in [-0.15, -0.1) is 0 Å². The number of allylic oxidation sites excluding steroid dienone is 2. The molecule has 0 bridgehead atoms. The molecule has 0 aliphatic carbocycles. The van der Waals surface area contributed by atoms with E-state index in [2.05, 4.69) is 10.9 Å². The topological polar surface area (TPSA) is 38.4 Å². The molecule has 64 valence electrons. The molecule has 6 heteroatoms. The number of rotatable bonds is 1. The minimum absolute atomic E-state index is 0.00222. The number of halogens is 4. The van der Waals surface area contributed by atoms with Crippen molar-refractivity contribution in [3.63, 3.8) is 0 Å². The fourth-order valence-electron chi connectivity index (χ4n) is 0.407. The maximum Gasteiger partial charge on any atom is 0.436 e. The minimum atomic E-state index is -4.46. The molecule has 0 aromatic rings. The fraction of sp³-hybridized carbons (Fsp3) is 0.400. The Morgan fingerprint density at radius 2 is 2.00 bits per heavy atom. The molecule has 0 aromatic heterocycles. The highest BCUT2D eigenvalue weighted by molar-refractivity contribution is 14.1. The molecule has 0 saturated heterocycles. The maximum absolute atomic E-state index is 11.9. The second-order valence-corrected chi connectivity index (χ2v) is 2.77. The van der Waals surface area contributed by atoms with E-state index < -0.39 is 11.9 Å². The van der Waals surface area contributed by atoms with E-state index in [0.29, 0.717) is 0 Å². The molecule has 0 unspecified atom stereocenters. The molecule has 0 aromatic carbocycles. The fourth-order valence-corrected chi connectivity index (χ4v) is 0.852. The molecular formula is C5H6F3IN2. The van der Waals surface area contributed by atoms with Gasteiger partial charge in [-0.2, -0.15) is 18.3 Å². The summed E-state index contributed by atoms with van der Waals surface area (Å²) < 4.78 is 35.7. The summed E-state index contributed by atoms with van der Waals surface area (Å²) in [5.74, 6) is 4.56. The first-order valence-corrected chi connectivity index (χ1v) is 3.68. The lowest BCUT2D eigenvalue weighted by Crippen LogP contribution is -2.24. The number of alkyl halides is 3. The van der Waals surface area contributed by atoms with Crippen molar-refractivity contribution < 1.29 is 13.2 Å². The molecule has 2 nitrogen and oxygen atoms in total. The van der Waals surface area contributed by atoms with E-state index in [4.69, 9.17) is 0 Å². The number of hydrazone groups is 1. The zero-order valence-electron chi connectivity index (χ0n) is 5.61. The van der Waals surface area contributed by atoms with Crippen molar-refractivity contribution in [2.45, 2.75) is 13.1 Å². The monoisotopic (exact) mass is 278 g/mol. The average Bonchev–Trinajstić information content (AvgIpc) is 1.86. The highest BCUT2D eigenvalue weighted by Gasteiger charge is 2.37. The molecule has 0 amide bonds. The Morgan fingerprint density at radius 1 is 1.55 bits per heavy atom. The highest BCUT2D eigenvalue weighted by atomic mass is 127. The quantitative estimate of drug-likeness (QED) is 0.339. The Labute approximate surface area is 75.5 Å². The van der Waals surface area contributed by atoms with Gasteiger partial charge in [0.1, 0.15) is 0 Å². The van der Waals surface area contributed by atoms with Crippen LogP contribution >= 0.6 is 22.6 Å². The number of hydrogen-bond acceptors (Lipinski definition) is 2. The lowest BCUT2D eigenvalue weighted by atomic mass is 10.3. The number of hydrogen-bond donors (Lipinski definition) is 1. The van der Waals surface area contributed by atoms with E-state index >= 15 is 0 Å². The summed E-state index contributed by atoms with van der Waals surface area (Å²) in [5.41, 5.74) is -1.04. The van der Waals surface area contributed by atoms with E-state index in [1.54, 1.807) is 0 Å². The van der Waals surface area contributed by atoms with Crippen molar-refractivity contribution in [1.82, 2.24) is 0 Å². The van der Waals surface area contributed by atoms with Crippen LogP contribution in [0.1, 0.15) is 6.92 Å². The van der Waals surface area contributed by atoms with Crippen molar-refractivity contribution in [3.8, 4) is 0 Å². The minimum Gasteiger partial charge on any atom is -0.323 e. The molecule has 0 aliphatic rings. The lowest BCUT2D eigenvalue weighted by Gasteiger charge is -2.06. The van der Waals surface area contributed by atoms with Gasteiger partial charge in [-0.1, -0.05) is 6.08 Å². The summed E-state index contributed by atoms with van der Waals surface area (Å²) in [6.07, 6.45) is -3.17. The van der Waals surface area contributed by atoms with Gasteiger partial charge < -0.3 is 5.84 Å². The van der Waals surface area contributed by atoms with Crippen molar-refractivity contribution >= 4 is 28.3 Å². The molecule has 11 heavy (non-hydrogen) atoms. The molecule has 0 aliphatic heterocycles. The summed E-state index contributed by atoms with van der Waals surface area (Å²) in [5, 5.41) is 2.65. The summed E-state index contributed by atoms with van der Waals surface area (Å²) in [4.78, 5) is 0. The number of nitrogens with two attached hydrogens (primary N) is 1. The predicted molar refractivity (Wildman–Crippen MR) is 45.5 cm³/mol. The van der Waals surface area contributed by atoms with Crippen molar-refractivity contribution in [3.05, 3.63) is 9.66 Å². The van der Waals surface area contributed by atoms with Gasteiger partial charge in [-0.3, -0.25) is 0 Å². The van der Waals surface area contributed by atoms with Crippen molar-refractivity contribution in [1.29, 1.82) is 0 Å². The van der Waals surface area contributed by atoms with Gasteiger partial charge in [0, 0.05) is 3.58 Å². The molecule has 0 spiro atoms. The highest BCUT2D eigenvalue weighted by Crippen LogP contribution is 2.24. The van der Waals surface area contributed by atoms with Crippen LogP contribution in [0.15, 0.2) is 14.8 Å². The van der Waals surface area contributed by atoms with Crippen LogP contribution in [-0.4, -0.2) is 11.9 Å². The Kier molecular flexibility index (Phi) is 3.84. The third kappa shape index (κ3) is 3.08. The molecule has 0 radical (unpaired) electrons. The zero-order chi connectivity index (χ0) is 9.07. The van der Waals surface area contributed by atoms with Crippen LogP contribution in [0.3, 0.4) is 0 Å². The molecule has 2 N–H and O–H groups in total. The summed E-state index contributed by atoms with van der Waals surface area (Å²) in [6, 6.07) is 0.